The Kier molecular flexibility index (Phi) is 6.18. The summed E-state index contributed by atoms with van der Waals surface area (Å²) in [5.74, 6) is 0.140. The number of nitrogens with one attached hydrogen (secondary N) is 1. The van der Waals surface area contributed by atoms with Crippen molar-refractivity contribution in [2.24, 2.45) is 0 Å². The second kappa shape index (κ2) is 8.78. The average molecular weight is 505 g/mol. The van der Waals surface area contributed by atoms with Gasteiger partial charge in [-0.3, -0.25) is 9.19 Å². The Morgan fingerprint density at radius 1 is 1.00 bits per heavy atom. The third-order valence-corrected chi connectivity index (χ3v) is 6.35. The molecule has 0 spiro atoms. The molecule has 0 amide bonds. The molecule has 0 saturated carbocycles. The van der Waals surface area contributed by atoms with Crippen molar-refractivity contribution in [3.8, 4) is 5.75 Å². The van der Waals surface area contributed by atoms with Crippen LogP contribution in [0.4, 0.5) is 26.3 Å². The van der Waals surface area contributed by atoms with Gasteiger partial charge in [0, 0.05) is 23.0 Å². The Hall–Kier alpha value is -2.93. The average Bonchev–Trinajstić information content (AvgIpc) is 3.33. The Bertz CT molecular complexity index is 1250. The minimum Gasteiger partial charge on any atom is -0.489 e. The zero-order valence-electron chi connectivity index (χ0n) is 16.3. The molecule has 0 saturated heterocycles. The molecule has 1 aromatic carbocycles. The van der Waals surface area contributed by atoms with Crippen molar-refractivity contribution >= 4 is 33.2 Å². The lowest BCUT2D eigenvalue weighted by atomic mass is 10.1. The first-order valence-electron chi connectivity index (χ1n) is 9.15. The van der Waals surface area contributed by atoms with Crippen molar-refractivity contribution < 1.29 is 35.3 Å². The maximum atomic E-state index is 13.0. The van der Waals surface area contributed by atoms with Crippen molar-refractivity contribution in [3.63, 3.8) is 0 Å². The van der Waals surface area contributed by atoms with Gasteiger partial charge >= 0.3 is 12.4 Å². The lowest BCUT2D eigenvalue weighted by Crippen LogP contribution is -2.12. The number of pyridine rings is 1. The number of aromatic amines is 1. The van der Waals surface area contributed by atoms with E-state index in [1.54, 1.807) is 5.38 Å². The Morgan fingerprint density at radius 2 is 1.70 bits per heavy atom. The number of thiophene rings is 1. The van der Waals surface area contributed by atoms with E-state index in [9.17, 15) is 30.6 Å². The highest BCUT2D eigenvalue weighted by Crippen LogP contribution is 2.36. The van der Waals surface area contributed by atoms with Crippen LogP contribution in [0, 0.1) is 0 Å². The van der Waals surface area contributed by atoms with E-state index in [0.29, 0.717) is 23.3 Å². The SMILES string of the molecule is O=S(Cc1cc(OCc2cc(C(F)(F)F)cc(C(F)(F)F)c2)ccn1)c1nc2cscc2[nH]1. The lowest BCUT2D eigenvalue weighted by Gasteiger charge is -2.15. The molecule has 0 aliphatic rings. The van der Waals surface area contributed by atoms with Crippen LogP contribution in [-0.2, 0) is 35.5 Å². The summed E-state index contributed by atoms with van der Waals surface area (Å²) in [5.41, 5.74) is -1.33. The van der Waals surface area contributed by atoms with Gasteiger partial charge in [-0.05, 0) is 29.8 Å². The molecule has 3 aromatic heterocycles. The first-order chi connectivity index (χ1) is 15.5. The monoisotopic (exact) mass is 505 g/mol. The second-order valence-electron chi connectivity index (χ2n) is 6.89. The van der Waals surface area contributed by atoms with Crippen LogP contribution in [0.3, 0.4) is 0 Å². The number of ether oxygens (including phenoxy) is 1. The fourth-order valence-corrected chi connectivity index (χ4v) is 4.61. The molecule has 1 unspecified atom stereocenters. The molecule has 33 heavy (non-hydrogen) atoms. The van der Waals surface area contributed by atoms with Gasteiger partial charge in [0.15, 0.2) is 5.16 Å². The smallest absolute Gasteiger partial charge is 0.416 e. The van der Waals surface area contributed by atoms with Gasteiger partial charge in [-0.2, -0.15) is 26.3 Å². The van der Waals surface area contributed by atoms with Gasteiger partial charge in [0.25, 0.3) is 0 Å². The molecule has 0 aliphatic carbocycles. The third kappa shape index (κ3) is 5.53. The number of halogens is 6. The summed E-state index contributed by atoms with van der Waals surface area (Å²) in [4.78, 5) is 11.3. The number of imidazole rings is 1. The summed E-state index contributed by atoms with van der Waals surface area (Å²) < 4.78 is 96.0. The summed E-state index contributed by atoms with van der Waals surface area (Å²) in [5, 5.41) is 3.90. The predicted octanol–water partition coefficient (Wildman–Crippen LogP) is 5.94. The van der Waals surface area contributed by atoms with Crippen LogP contribution < -0.4 is 4.74 Å². The van der Waals surface area contributed by atoms with Gasteiger partial charge in [0.1, 0.15) is 17.9 Å². The van der Waals surface area contributed by atoms with E-state index < -0.39 is 40.9 Å². The molecule has 0 fully saturated rings. The quantitative estimate of drug-likeness (QED) is 0.329. The van der Waals surface area contributed by atoms with E-state index in [2.05, 4.69) is 15.0 Å². The summed E-state index contributed by atoms with van der Waals surface area (Å²) >= 11 is 1.45. The minimum atomic E-state index is -4.94. The van der Waals surface area contributed by atoms with E-state index in [1.165, 1.54) is 29.7 Å². The number of hydrogen-bond donors (Lipinski definition) is 1. The highest BCUT2D eigenvalue weighted by Gasteiger charge is 2.36. The van der Waals surface area contributed by atoms with Gasteiger partial charge < -0.3 is 9.72 Å². The van der Waals surface area contributed by atoms with Crippen LogP contribution in [0.5, 0.6) is 5.75 Å². The summed E-state index contributed by atoms with van der Waals surface area (Å²) in [6.07, 6.45) is -8.54. The molecule has 13 heteroatoms. The number of fused-ring (bicyclic) bond motifs is 1. The molecule has 0 bridgehead atoms. The van der Waals surface area contributed by atoms with Gasteiger partial charge in [0.2, 0.25) is 0 Å². The number of aromatic nitrogens is 3. The van der Waals surface area contributed by atoms with E-state index in [0.717, 1.165) is 5.52 Å². The first kappa shape index (κ1) is 23.2. The number of benzene rings is 1. The molecule has 5 nitrogen and oxygen atoms in total. The Labute approximate surface area is 188 Å². The number of alkyl halides is 6. The van der Waals surface area contributed by atoms with Gasteiger partial charge in [-0.1, -0.05) is 0 Å². The number of H-pyrrole nitrogens is 1. The fraction of sp³-hybridized carbons (Fsp3) is 0.200. The molecule has 3 heterocycles. The Morgan fingerprint density at radius 3 is 2.33 bits per heavy atom. The molecule has 1 atom stereocenters. The molecule has 1 N–H and O–H groups in total. The molecular weight excluding hydrogens is 492 g/mol. The topological polar surface area (TPSA) is 67.9 Å². The number of rotatable bonds is 6. The first-order valence-corrected chi connectivity index (χ1v) is 11.4. The molecule has 0 aliphatic heterocycles. The number of nitrogens with zero attached hydrogens (tertiary/aromatic N) is 2. The summed E-state index contributed by atoms with van der Waals surface area (Å²) in [6, 6.07) is 4.08. The van der Waals surface area contributed by atoms with Gasteiger partial charge in [-0.15, -0.1) is 11.3 Å². The van der Waals surface area contributed by atoms with Crippen LogP contribution in [0.2, 0.25) is 0 Å². The van der Waals surface area contributed by atoms with Crippen LogP contribution in [0.15, 0.2) is 52.4 Å². The second-order valence-corrected chi connectivity index (χ2v) is 9.00. The van der Waals surface area contributed by atoms with Crippen LogP contribution in [0.25, 0.3) is 11.0 Å². The van der Waals surface area contributed by atoms with Gasteiger partial charge in [-0.25, -0.2) is 4.98 Å². The van der Waals surface area contributed by atoms with E-state index >= 15 is 0 Å². The molecule has 4 rings (SSSR count). The normalized spacial score (nSPS) is 13.4. The molecular formula is C20H13F6N3O2S2. The van der Waals surface area contributed by atoms with Gasteiger partial charge in [0.05, 0.1) is 38.9 Å². The molecule has 0 radical (unpaired) electrons. The van der Waals surface area contributed by atoms with E-state index in [4.69, 9.17) is 4.74 Å². The van der Waals surface area contributed by atoms with Crippen molar-refractivity contribution in [1.29, 1.82) is 0 Å². The zero-order chi connectivity index (χ0) is 23.8. The minimum absolute atomic E-state index is 0.0154. The van der Waals surface area contributed by atoms with Crippen molar-refractivity contribution in [2.75, 3.05) is 0 Å². The highest BCUT2D eigenvalue weighted by atomic mass is 32.2. The number of hydrogen-bond acceptors (Lipinski definition) is 5. The zero-order valence-corrected chi connectivity index (χ0v) is 18.0. The van der Waals surface area contributed by atoms with Crippen LogP contribution in [-0.4, -0.2) is 19.2 Å². The highest BCUT2D eigenvalue weighted by molar-refractivity contribution is 7.84. The lowest BCUT2D eigenvalue weighted by molar-refractivity contribution is -0.143. The van der Waals surface area contributed by atoms with E-state index in [1.807, 2.05) is 5.38 Å². The molecule has 4 aromatic rings. The fourth-order valence-electron chi connectivity index (χ4n) is 2.93. The van der Waals surface area contributed by atoms with E-state index in [-0.39, 0.29) is 28.3 Å². The molecule has 174 valence electrons. The van der Waals surface area contributed by atoms with Crippen molar-refractivity contribution in [2.45, 2.75) is 29.9 Å². The largest absolute Gasteiger partial charge is 0.489 e. The van der Waals surface area contributed by atoms with Crippen LogP contribution in [0.1, 0.15) is 22.4 Å². The van der Waals surface area contributed by atoms with Crippen molar-refractivity contribution in [1.82, 2.24) is 15.0 Å². The van der Waals surface area contributed by atoms with Crippen molar-refractivity contribution in [3.05, 3.63) is 69.7 Å². The maximum absolute atomic E-state index is 13.0. The Balaban J connectivity index is 1.48. The summed E-state index contributed by atoms with van der Waals surface area (Å²) in [6.45, 7) is -0.534. The predicted molar refractivity (Wildman–Crippen MR) is 109 cm³/mol. The maximum Gasteiger partial charge on any atom is 0.416 e. The van der Waals surface area contributed by atoms with Crippen LogP contribution >= 0.6 is 11.3 Å². The third-order valence-electron chi connectivity index (χ3n) is 4.44. The standard InChI is InChI=1S/C20H13F6N3O2S2/c21-19(22,23)12-3-11(4-13(5-12)20(24,25)26)7-31-15-1-2-27-14(6-15)10-33(30)18-28-16-8-32-9-17(16)29-18/h1-6,8-9H,7,10H2,(H,28,29). The summed E-state index contributed by atoms with van der Waals surface area (Å²) in [7, 11) is -1.55.